The number of hydrogen-bond donors (Lipinski definition) is 3. The van der Waals surface area contributed by atoms with Crippen molar-refractivity contribution >= 4 is 35.3 Å². The van der Waals surface area contributed by atoms with E-state index in [4.69, 9.17) is 9.84 Å². The molecule has 8 heteroatoms. The van der Waals surface area contributed by atoms with Gasteiger partial charge in [-0.3, -0.25) is 9.59 Å². The third-order valence-corrected chi connectivity index (χ3v) is 7.70. The van der Waals surface area contributed by atoms with E-state index in [1.165, 1.54) is 29.1 Å². The van der Waals surface area contributed by atoms with Crippen molar-refractivity contribution in [2.24, 2.45) is 5.92 Å². The van der Waals surface area contributed by atoms with Crippen molar-refractivity contribution in [2.75, 3.05) is 30.5 Å². The molecule has 32 heavy (non-hydrogen) atoms. The van der Waals surface area contributed by atoms with Gasteiger partial charge < -0.3 is 20.1 Å². The van der Waals surface area contributed by atoms with Crippen LogP contribution in [-0.4, -0.2) is 75.0 Å². The molecule has 3 N–H and O–H groups in total. The third kappa shape index (κ3) is 9.67. The number of aliphatic carboxylic acids is 1. The SMILES string of the molecule is CCOCCc1cccc(CC(O)C=C[C@H]2C(O)CC(=O)C2SCCCSCC(=O)O)c1. The Morgan fingerprint density at radius 3 is 2.84 bits per heavy atom. The zero-order valence-corrected chi connectivity index (χ0v) is 20.2. The van der Waals surface area contributed by atoms with Gasteiger partial charge in [0.25, 0.3) is 0 Å². The van der Waals surface area contributed by atoms with E-state index in [9.17, 15) is 19.8 Å². The number of carbonyl (C=O) groups excluding carboxylic acids is 1. The fraction of sp³-hybridized carbons (Fsp3) is 0.583. The summed E-state index contributed by atoms with van der Waals surface area (Å²) in [6.45, 7) is 3.34. The summed E-state index contributed by atoms with van der Waals surface area (Å²) in [4.78, 5) is 22.9. The van der Waals surface area contributed by atoms with Crippen molar-refractivity contribution in [3.05, 3.63) is 47.5 Å². The second-order valence-electron chi connectivity index (χ2n) is 7.83. The average Bonchev–Trinajstić information content (AvgIpc) is 3.01. The van der Waals surface area contributed by atoms with E-state index in [1.807, 2.05) is 25.1 Å². The summed E-state index contributed by atoms with van der Waals surface area (Å²) >= 11 is 2.88. The molecule has 3 unspecified atom stereocenters. The van der Waals surface area contributed by atoms with E-state index in [2.05, 4.69) is 6.07 Å². The largest absolute Gasteiger partial charge is 0.481 e. The lowest BCUT2D eigenvalue weighted by Crippen LogP contribution is -2.22. The monoisotopic (exact) mass is 482 g/mol. The minimum atomic E-state index is -0.822. The van der Waals surface area contributed by atoms with Crippen LogP contribution in [-0.2, 0) is 27.2 Å². The number of carbonyl (C=O) groups is 2. The molecule has 0 aromatic heterocycles. The van der Waals surface area contributed by atoms with Crippen molar-refractivity contribution < 1.29 is 29.6 Å². The summed E-state index contributed by atoms with van der Waals surface area (Å²) in [5.74, 6) is 0.448. The van der Waals surface area contributed by atoms with Gasteiger partial charge in [0.1, 0.15) is 5.78 Å². The molecule has 4 atom stereocenters. The summed E-state index contributed by atoms with van der Waals surface area (Å²) in [6.07, 6.45) is 4.29. The molecular weight excluding hydrogens is 448 g/mol. The van der Waals surface area contributed by atoms with Gasteiger partial charge in [0.15, 0.2) is 0 Å². The number of aliphatic hydroxyl groups is 2. The highest BCUT2D eigenvalue weighted by molar-refractivity contribution is 8.01. The smallest absolute Gasteiger partial charge is 0.313 e. The minimum Gasteiger partial charge on any atom is -0.481 e. The van der Waals surface area contributed by atoms with Crippen LogP contribution in [0, 0.1) is 5.92 Å². The quantitative estimate of drug-likeness (QED) is 0.259. The Balaban J connectivity index is 1.84. The van der Waals surface area contributed by atoms with Crippen LogP contribution in [0.4, 0.5) is 0 Å². The Labute approximate surface area is 198 Å². The molecule has 1 fully saturated rings. The first-order valence-corrected chi connectivity index (χ1v) is 13.2. The maximum atomic E-state index is 12.3. The van der Waals surface area contributed by atoms with E-state index in [-0.39, 0.29) is 29.1 Å². The maximum Gasteiger partial charge on any atom is 0.313 e. The molecule has 1 saturated carbocycles. The summed E-state index contributed by atoms with van der Waals surface area (Å²) in [6, 6.07) is 8.09. The summed E-state index contributed by atoms with van der Waals surface area (Å²) in [5.41, 5.74) is 2.20. The summed E-state index contributed by atoms with van der Waals surface area (Å²) < 4.78 is 5.40. The number of carboxylic acid groups (broad SMARTS) is 1. The highest BCUT2D eigenvalue weighted by Crippen LogP contribution is 2.34. The fourth-order valence-corrected chi connectivity index (χ4v) is 5.84. The molecule has 0 heterocycles. The molecule has 6 nitrogen and oxygen atoms in total. The number of carboxylic acids is 1. The van der Waals surface area contributed by atoms with Gasteiger partial charge >= 0.3 is 5.97 Å². The lowest BCUT2D eigenvalue weighted by molar-refractivity contribution is -0.133. The Morgan fingerprint density at radius 2 is 2.09 bits per heavy atom. The van der Waals surface area contributed by atoms with Gasteiger partial charge in [-0.15, -0.1) is 11.8 Å². The van der Waals surface area contributed by atoms with Crippen LogP contribution in [0.5, 0.6) is 0 Å². The van der Waals surface area contributed by atoms with Gasteiger partial charge in [0.05, 0.1) is 29.8 Å². The van der Waals surface area contributed by atoms with E-state index >= 15 is 0 Å². The molecule has 0 radical (unpaired) electrons. The number of thioether (sulfide) groups is 2. The molecule has 0 spiro atoms. The van der Waals surface area contributed by atoms with Crippen LogP contribution in [0.2, 0.25) is 0 Å². The lowest BCUT2D eigenvalue weighted by atomic mass is 10.0. The van der Waals surface area contributed by atoms with Crippen LogP contribution >= 0.6 is 23.5 Å². The molecular formula is C24H34O6S2. The first-order valence-electron chi connectivity index (χ1n) is 11.0. The van der Waals surface area contributed by atoms with Crippen molar-refractivity contribution in [1.29, 1.82) is 0 Å². The number of hydrogen-bond acceptors (Lipinski definition) is 7. The first-order chi connectivity index (χ1) is 15.4. The predicted octanol–water partition coefficient (Wildman–Crippen LogP) is 2.98. The van der Waals surface area contributed by atoms with Crippen LogP contribution in [0.3, 0.4) is 0 Å². The standard InChI is InChI=1S/C24H34O6S2/c1-2-30-10-9-17-5-3-6-18(13-17)14-19(25)7-8-20-21(26)15-22(27)24(20)32-12-4-11-31-16-23(28)29/h3,5-8,13,19-21,24-26H,2,4,9-12,14-16H2,1H3,(H,28,29)/t19?,20-,21?,24?/m0/s1. The van der Waals surface area contributed by atoms with Crippen molar-refractivity contribution in [3.8, 4) is 0 Å². The predicted molar refractivity (Wildman–Crippen MR) is 130 cm³/mol. The van der Waals surface area contributed by atoms with Crippen LogP contribution in [0.25, 0.3) is 0 Å². The van der Waals surface area contributed by atoms with E-state index in [0.717, 1.165) is 29.9 Å². The van der Waals surface area contributed by atoms with Crippen molar-refractivity contribution in [1.82, 2.24) is 0 Å². The lowest BCUT2D eigenvalue weighted by Gasteiger charge is -2.17. The molecule has 0 bridgehead atoms. The number of ketones is 1. The summed E-state index contributed by atoms with van der Waals surface area (Å²) in [5, 5.41) is 29.2. The Morgan fingerprint density at radius 1 is 1.31 bits per heavy atom. The maximum absolute atomic E-state index is 12.3. The number of aliphatic hydroxyl groups excluding tert-OH is 2. The van der Waals surface area contributed by atoms with Crippen LogP contribution in [0.1, 0.15) is 30.9 Å². The van der Waals surface area contributed by atoms with Gasteiger partial charge in [-0.2, -0.15) is 11.8 Å². The number of rotatable bonds is 15. The highest BCUT2D eigenvalue weighted by atomic mass is 32.2. The molecule has 0 saturated heterocycles. The molecule has 1 aliphatic carbocycles. The second kappa shape index (κ2) is 14.8. The van der Waals surface area contributed by atoms with Gasteiger partial charge in [-0.25, -0.2) is 0 Å². The van der Waals surface area contributed by atoms with Gasteiger partial charge in [0.2, 0.25) is 0 Å². The third-order valence-electron chi connectivity index (χ3n) is 5.21. The Hall–Kier alpha value is -1.32. The highest BCUT2D eigenvalue weighted by Gasteiger charge is 2.40. The zero-order valence-electron chi connectivity index (χ0n) is 18.5. The number of benzene rings is 1. The average molecular weight is 483 g/mol. The molecule has 1 aromatic carbocycles. The second-order valence-corrected chi connectivity index (χ2v) is 10.2. The van der Waals surface area contributed by atoms with Crippen molar-refractivity contribution in [3.63, 3.8) is 0 Å². The van der Waals surface area contributed by atoms with E-state index in [0.29, 0.717) is 19.6 Å². The topological polar surface area (TPSA) is 104 Å². The van der Waals surface area contributed by atoms with Gasteiger partial charge in [0, 0.05) is 25.4 Å². The molecule has 0 aliphatic heterocycles. The number of Topliss-reactive ketones (excluding diaryl/α,β-unsaturated/α-hetero) is 1. The molecule has 0 amide bonds. The molecule has 2 rings (SSSR count). The first kappa shape index (κ1) is 26.9. The van der Waals surface area contributed by atoms with E-state index in [1.54, 1.807) is 12.2 Å². The summed E-state index contributed by atoms with van der Waals surface area (Å²) in [7, 11) is 0. The van der Waals surface area contributed by atoms with Gasteiger partial charge in [-0.05, 0) is 42.4 Å². The van der Waals surface area contributed by atoms with Crippen molar-refractivity contribution in [2.45, 2.75) is 50.1 Å². The van der Waals surface area contributed by atoms with E-state index < -0.39 is 18.2 Å². The zero-order chi connectivity index (χ0) is 23.3. The molecule has 1 aliphatic rings. The normalized spacial score (nSPS) is 22.0. The molecule has 1 aromatic rings. The van der Waals surface area contributed by atoms with Crippen LogP contribution in [0.15, 0.2) is 36.4 Å². The van der Waals surface area contributed by atoms with Crippen LogP contribution < -0.4 is 0 Å². The Bertz CT molecular complexity index is 754. The fourth-order valence-electron chi connectivity index (χ4n) is 3.65. The van der Waals surface area contributed by atoms with Gasteiger partial charge in [-0.1, -0.05) is 36.4 Å². The minimum absolute atomic E-state index is 0.0341. The molecule has 178 valence electrons. The number of ether oxygens (including phenoxy) is 1. The Kier molecular flexibility index (Phi) is 12.4.